The van der Waals surface area contributed by atoms with Gasteiger partial charge in [0.05, 0.1) is 11.2 Å². The molecule has 0 N–H and O–H groups in total. The Labute approximate surface area is 251 Å². The summed E-state index contributed by atoms with van der Waals surface area (Å²) in [6.45, 7) is 16.8. The van der Waals surface area contributed by atoms with Crippen LogP contribution in [0.5, 0.6) is 0 Å². The van der Waals surface area contributed by atoms with Gasteiger partial charge in [0, 0.05) is 41.7 Å². The molecule has 0 atom stereocenters. The van der Waals surface area contributed by atoms with E-state index < -0.39 is 0 Å². The molecule has 0 aliphatic carbocycles. The van der Waals surface area contributed by atoms with Gasteiger partial charge in [-0.1, -0.05) is 40.2 Å². The van der Waals surface area contributed by atoms with E-state index in [-0.39, 0.29) is 18.3 Å². The first-order valence-electron chi connectivity index (χ1n) is 9.51. The van der Waals surface area contributed by atoms with Crippen LogP contribution in [-0.2, 0) is 9.31 Å². The normalized spacial score (nSPS) is 15.7. The number of aryl methyl sites for hydroxylation is 4. The van der Waals surface area contributed by atoms with Crippen molar-refractivity contribution in [3.63, 3.8) is 0 Å². The molecule has 2 aromatic carbocycles. The van der Waals surface area contributed by atoms with Gasteiger partial charge in [0.2, 0.25) is 0 Å². The Kier molecular flexibility index (Phi) is 17.7. The van der Waals surface area contributed by atoms with Gasteiger partial charge in [0.15, 0.2) is 0 Å². The molecule has 1 aliphatic heterocycles. The van der Waals surface area contributed by atoms with Crippen LogP contribution in [-0.4, -0.2) is 18.3 Å². The third kappa shape index (κ3) is 11.4. The van der Waals surface area contributed by atoms with Gasteiger partial charge >= 0.3 is 57.6 Å². The Bertz CT molecular complexity index is 802. The predicted molar refractivity (Wildman–Crippen MR) is 171 cm³/mol. The summed E-state index contributed by atoms with van der Waals surface area (Å²) < 4.78 is 13.2. The summed E-state index contributed by atoms with van der Waals surface area (Å²) in [5.41, 5.74) is 5.82. The van der Waals surface area contributed by atoms with Gasteiger partial charge < -0.3 is 9.31 Å². The van der Waals surface area contributed by atoms with Crippen molar-refractivity contribution < 1.29 is 22.6 Å². The van der Waals surface area contributed by atoms with Crippen molar-refractivity contribution >= 4 is 103 Å². The first kappa shape index (κ1) is 33.6. The molecule has 0 aromatic heterocycles. The first-order chi connectivity index (χ1) is 14.3. The zero-order valence-electron chi connectivity index (χ0n) is 19.1. The molecule has 9 heteroatoms. The molecule has 0 unspecified atom stereocenters. The molecular formula is C22H30BBrI5O2-. The van der Waals surface area contributed by atoms with E-state index >= 15 is 0 Å². The van der Waals surface area contributed by atoms with Crippen LogP contribution in [0.15, 0.2) is 40.9 Å². The van der Waals surface area contributed by atoms with E-state index in [1.807, 2.05) is 0 Å². The van der Waals surface area contributed by atoms with Crippen LogP contribution in [0.4, 0.5) is 0 Å². The zero-order chi connectivity index (χ0) is 24.4. The topological polar surface area (TPSA) is 18.5 Å². The van der Waals surface area contributed by atoms with E-state index in [0.29, 0.717) is 13.3 Å². The fraction of sp³-hybridized carbons (Fsp3) is 0.455. The van der Waals surface area contributed by atoms with E-state index in [1.54, 1.807) is 0 Å². The third-order valence-corrected chi connectivity index (χ3v) is 6.02. The molecular weight excluding hydrogens is 1020 g/mol. The van der Waals surface area contributed by atoms with E-state index in [2.05, 4.69) is 182 Å². The Morgan fingerprint density at radius 3 is 1.48 bits per heavy atom. The van der Waals surface area contributed by atoms with E-state index in [0.717, 1.165) is 9.94 Å². The van der Waals surface area contributed by atoms with E-state index in [4.69, 9.17) is 9.31 Å². The zero-order valence-corrected chi connectivity index (χ0v) is 31.5. The van der Waals surface area contributed by atoms with Crippen molar-refractivity contribution in [2.45, 2.75) is 66.6 Å². The van der Waals surface area contributed by atoms with Gasteiger partial charge in [-0.2, -0.15) is 0 Å². The maximum atomic E-state index is 6.02. The number of hydrogen-bond donors (Lipinski definition) is 0. The summed E-state index contributed by atoms with van der Waals surface area (Å²) in [5.74, 6) is 0. The van der Waals surface area contributed by atoms with Crippen LogP contribution in [0.2, 0.25) is 0 Å². The Balaban J connectivity index is 0.000000540. The van der Waals surface area contributed by atoms with Crippen molar-refractivity contribution in [3.05, 3.63) is 63.1 Å². The monoisotopic (exact) mass is 1050 g/mol. The van der Waals surface area contributed by atoms with Crippen LogP contribution in [0, 0.1) is 27.7 Å². The number of halogens is 6. The molecule has 1 heterocycles. The Morgan fingerprint density at radius 1 is 0.742 bits per heavy atom. The molecule has 176 valence electrons. The van der Waals surface area contributed by atoms with Crippen LogP contribution in [0.1, 0.15) is 49.9 Å². The summed E-state index contributed by atoms with van der Waals surface area (Å²) in [4.78, 5) is 0. The molecule has 0 saturated carbocycles. The molecule has 0 radical (unpaired) electrons. The molecule has 1 saturated heterocycles. The predicted octanol–water partition coefficient (Wildman–Crippen LogP) is 6.22. The standard InChI is InChI=1S/C14H21BO2.C8H9Br.I3.I2/c1-10-7-8-12(9-11(10)2)15-16-13(3,4)14(5,6)17-15;1-6-3-4-8(9)5-7(6)2;1-3-2;1-2/h7-9H,1-6H3;3-5H,1-2H3;;/q;;-1;. The van der Waals surface area contributed by atoms with Crippen molar-refractivity contribution in [1.82, 2.24) is 0 Å². The quantitative estimate of drug-likeness (QED) is 0.250. The average Bonchev–Trinajstić information content (AvgIpc) is 2.91. The van der Waals surface area contributed by atoms with Gasteiger partial charge in [-0.25, -0.2) is 0 Å². The van der Waals surface area contributed by atoms with Gasteiger partial charge in [-0.15, -0.1) is 0 Å². The molecule has 1 fully saturated rings. The molecule has 3 rings (SSSR count). The third-order valence-electron chi connectivity index (χ3n) is 5.53. The fourth-order valence-corrected chi connectivity index (χ4v) is 3.07. The van der Waals surface area contributed by atoms with Crippen molar-refractivity contribution in [1.29, 1.82) is 0 Å². The second-order valence-electron chi connectivity index (χ2n) is 8.21. The minimum absolute atomic E-state index is 0.251. The molecule has 2 aromatic rings. The van der Waals surface area contributed by atoms with E-state index in [1.165, 1.54) is 22.3 Å². The number of rotatable bonds is 1. The SMILES string of the molecule is Cc1ccc(B2OC(C)(C)C(C)(C)O2)cc1C.Cc1ccc(Br)cc1C.II.I[I-]I. The van der Waals surface area contributed by atoms with Crippen LogP contribution >= 0.6 is 90.4 Å². The molecule has 0 spiro atoms. The summed E-state index contributed by atoms with van der Waals surface area (Å²) in [6, 6.07) is 12.6. The first-order valence-corrected chi connectivity index (χ1v) is 29.2. The Morgan fingerprint density at radius 2 is 1.13 bits per heavy atom. The second kappa shape index (κ2) is 16.3. The minimum atomic E-state index is -0.267. The average molecular weight is 1050 g/mol. The molecule has 31 heavy (non-hydrogen) atoms. The van der Waals surface area contributed by atoms with Crippen LogP contribution < -0.4 is 18.7 Å². The van der Waals surface area contributed by atoms with Gasteiger partial charge in [0.1, 0.15) is 0 Å². The van der Waals surface area contributed by atoms with Crippen LogP contribution in [0.3, 0.4) is 0 Å². The molecule has 2 nitrogen and oxygen atoms in total. The van der Waals surface area contributed by atoms with Gasteiger partial charge in [-0.3, -0.25) is 0 Å². The molecule has 0 bridgehead atoms. The van der Waals surface area contributed by atoms with Gasteiger partial charge in [0.25, 0.3) is 0 Å². The van der Waals surface area contributed by atoms with Crippen molar-refractivity contribution in [3.8, 4) is 0 Å². The molecule has 0 amide bonds. The Hall–Kier alpha value is 2.55. The molecule has 1 aliphatic rings. The summed E-state index contributed by atoms with van der Waals surface area (Å²) in [5, 5.41) is 0. The maximum absolute atomic E-state index is 6.02. The second-order valence-corrected chi connectivity index (χ2v) is 25.4. The summed E-state index contributed by atoms with van der Waals surface area (Å²) in [6.07, 6.45) is 0. The van der Waals surface area contributed by atoms with Gasteiger partial charge in [-0.05, 0) is 95.2 Å². The summed E-state index contributed by atoms with van der Waals surface area (Å²) in [7, 11) is -0.251. The number of benzene rings is 2. The number of hydrogen-bond acceptors (Lipinski definition) is 2. The van der Waals surface area contributed by atoms with Crippen molar-refractivity contribution in [2.24, 2.45) is 0 Å². The van der Waals surface area contributed by atoms with E-state index in [9.17, 15) is 0 Å². The summed E-state index contributed by atoms with van der Waals surface area (Å²) >= 11 is 12.9. The van der Waals surface area contributed by atoms with Crippen molar-refractivity contribution in [2.75, 3.05) is 0 Å². The fourth-order valence-electron chi connectivity index (χ4n) is 2.60. The van der Waals surface area contributed by atoms with Crippen LogP contribution in [0.25, 0.3) is 0 Å².